The molecule has 18 heavy (non-hydrogen) atoms. The smallest absolute Gasteiger partial charge is 0.220 e. The van der Waals surface area contributed by atoms with E-state index in [4.69, 9.17) is 0 Å². The van der Waals surface area contributed by atoms with E-state index in [0.29, 0.717) is 12.8 Å². The fraction of sp³-hybridized carbons (Fsp3) is 0.467. The predicted molar refractivity (Wildman–Crippen MR) is 70.2 cm³/mol. The zero-order chi connectivity index (χ0) is 13.1. The average molecular weight is 245 g/mol. The Hall–Kier alpha value is -1.64. The third kappa shape index (κ3) is 2.45. The molecule has 0 aliphatic carbocycles. The van der Waals surface area contributed by atoms with Crippen LogP contribution in [-0.2, 0) is 16.0 Å². The van der Waals surface area contributed by atoms with Crippen molar-refractivity contribution in [3.05, 3.63) is 35.9 Å². The van der Waals surface area contributed by atoms with E-state index in [1.54, 1.807) is 11.8 Å². The first-order chi connectivity index (χ1) is 8.63. The zero-order valence-corrected chi connectivity index (χ0v) is 10.9. The fourth-order valence-corrected chi connectivity index (χ4v) is 2.74. The Morgan fingerprint density at radius 2 is 2.00 bits per heavy atom. The highest BCUT2D eigenvalue weighted by atomic mass is 16.2. The minimum Gasteiger partial charge on any atom is -0.329 e. The summed E-state index contributed by atoms with van der Waals surface area (Å²) in [6.07, 6.45) is 1.99. The van der Waals surface area contributed by atoms with Crippen molar-refractivity contribution in [2.45, 2.75) is 45.2 Å². The summed E-state index contributed by atoms with van der Waals surface area (Å²) >= 11 is 0. The largest absolute Gasteiger partial charge is 0.329 e. The van der Waals surface area contributed by atoms with Gasteiger partial charge in [-0.2, -0.15) is 0 Å². The van der Waals surface area contributed by atoms with Gasteiger partial charge in [0.15, 0.2) is 5.78 Å². The summed E-state index contributed by atoms with van der Waals surface area (Å²) in [6, 6.07) is 9.71. The molecule has 1 aliphatic rings. The molecule has 96 valence electrons. The molecular weight excluding hydrogens is 226 g/mol. The van der Waals surface area contributed by atoms with E-state index in [-0.39, 0.29) is 23.8 Å². The molecule has 3 heteroatoms. The van der Waals surface area contributed by atoms with Crippen molar-refractivity contribution in [3.63, 3.8) is 0 Å². The Morgan fingerprint density at radius 3 is 2.56 bits per heavy atom. The van der Waals surface area contributed by atoms with Gasteiger partial charge in [-0.25, -0.2) is 0 Å². The molecule has 1 aliphatic heterocycles. The lowest BCUT2D eigenvalue weighted by atomic mass is 10.0. The van der Waals surface area contributed by atoms with Gasteiger partial charge in [-0.3, -0.25) is 9.59 Å². The highest BCUT2D eigenvalue weighted by molar-refractivity contribution is 5.92. The summed E-state index contributed by atoms with van der Waals surface area (Å²) in [7, 11) is 0. The van der Waals surface area contributed by atoms with E-state index in [2.05, 4.69) is 0 Å². The van der Waals surface area contributed by atoms with Crippen molar-refractivity contribution in [3.8, 4) is 0 Å². The number of nitrogens with zero attached hydrogens (tertiary/aromatic N) is 1. The van der Waals surface area contributed by atoms with Gasteiger partial charge in [0.05, 0.1) is 6.04 Å². The van der Waals surface area contributed by atoms with E-state index < -0.39 is 0 Å². The molecule has 0 N–H and O–H groups in total. The number of carbonyl (C=O) groups is 2. The second kappa shape index (κ2) is 5.34. The van der Waals surface area contributed by atoms with Crippen LogP contribution < -0.4 is 0 Å². The number of amides is 1. The molecule has 1 heterocycles. The van der Waals surface area contributed by atoms with Gasteiger partial charge in [-0.15, -0.1) is 0 Å². The van der Waals surface area contributed by atoms with Crippen molar-refractivity contribution in [1.82, 2.24) is 4.90 Å². The summed E-state index contributed by atoms with van der Waals surface area (Å²) in [5, 5.41) is 0. The first-order valence-electron chi connectivity index (χ1n) is 6.49. The van der Waals surface area contributed by atoms with Crippen LogP contribution in [0, 0.1) is 0 Å². The summed E-state index contributed by atoms with van der Waals surface area (Å²) < 4.78 is 0. The molecule has 0 bridgehead atoms. The second-order valence-electron chi connectivity index (χ2n) is 4.86. The third-order valence-corrected chi connectivity index (χ3v) is 3.64. The van der Waals surface area contributed by atoms with Crippen LogP contribution in [0.4, 0.5) is 0 Å². The fourth-order valence-electron chi connectivity index (χ4n) is 2.74. The molecule has 0 spiro atoms. The van der Waals surface area contributed by atoms with Crippen LogP contribution in [0.1, 0.15) is 32.3 Å². The topological polar surface area (TPSA) is 37.4 Å². The van der Waals surface area contributed by atoms with E-state index in [1.165, 1.54) is 0 Å². The number of hydrogen-bond donors (Lipinski definition) is 0. The molecule has 2 rings (SSSR count). The molecule has 1 aromatic carbocycles. The molecule has 1 saturated heterocycles. The standard InChI is InChI=1S/C15H19NO2/c1-3-13-10-15(18)14(16(13)11(2)17)9-12-7-5-4-6-8-12/h4-8,13-14H,3,9-10H2,1-2H3/t13-,14+/m1/s1. The minimum atomic E-state index is -0.269. The van der Waals surface area contributed by atoms with Crippen molar-refractivity contribution >= 4 is 11.7 Å². The van der Waals surface area contributed by atoms with Gasteiger partial charge in [0.1, 0.15) is 0 Å². The molecule has 2 atom stereocenters. The number of hydrogen-bond acceptors (Lipinski definition) is 2. The number of carbonyl (C=O) groups excluding carboxylic acids is 2. The summed E-state index contributed by atoms with van der Waals surface area (Å²) in [5.74, 6) is 0.203. The quantitative estimate of drug-likeness (QED) is 0.818. The number of ketones is 1. The number of likely N-dealkylation sites (tertiary alicyclic amines) is 1. The van der Waals surface area contributed by atoms with Crippen LogP contribution >= 0.6 is 0 Å². The van der Waals surface area contributed by atoms with Crippen molar-refractivity contribution < 1.29 is 9.59 Å². The summed E-state index contributed by atoms with van der Waals surface area (Å²) in [4.78, 5) is 25.6. The molecule has 1 fully saturated rings. The van der Waals surface area contributed by atoms with Crippen molar-refractivity contribution in [2.24, 2.45) is 0 Å². The van der Waals surface area contributed by atoms with Gasteiger partial charge in [0.2, 0.25) is 5.91 Å². The Balaban J connectivity index is 2.19. The molecule has 1 amide bonds. The maximum Gasteiger partial charge on any atom is 0.220 e. The Kier molecular flexibility index (Phi) is 3.80. The van der Waals surface area contributed by atoms with Gasteiger partial charge in [-0.1, -0.05) is 37.3 Å². The number of rotatable bonds is 3. The first-order valence-corrected chi connectivity index (χ1v) is 6.49. The van der Waals surface area contributed by atoms with Gasteiger partial charge < -0.3 is 4.90 Å². The summed E-state index contributed by atoms with van der Waals surface area (Å²) in [5.41, 5.74) is 1.11. The molecule has 0 aromatic heterocycles. The lowest BCUT2D eigenvalue weighted by molar-refractivity contribution is -0.134. The monoisotopic (exact) mass is 245 g/mol. The molecular formula is C15H19NO2. The number of benzene rings is 1. The second-order valence-corrected chi connectivity index (χ2v) is 4.86. The van der Waals surface area contributed by atoms with Crippen molar-refractivity contribution in [2.75, 3.05) is 0 Å². The van der Waals surface area contributed by atoms with Crippen molar-refractivity contribution in [1.29, 1.82) is 0 Å². The minimum absolute atomic E-state index is 0.00799. The van der Waals surface area contributed by atoms with Gasteiger partial charge >= 0.3 is 0 Å². The van der Waals surface area contributed by atoms with E-state index in [9.17, 15) is 9.59 Å². The van der Waals surface area contributed by atoms with Gasteiger partial charge in [0, 0.05) is 19.4 Å². The Morgan fingerprint density at radius 1 is 1.33 bits per heavy atom. The highest BCUT2D eigenvalue weighted by Crippen LogP contribution is 2.26. The normalized spacial score (nSPS) is 23.4. The molecule has 0 saturated carbocycles. The predicted octanol–water partition coefficient (Wildman–Crippen LogP) is 2.20. The summed E-state index contributed by atoms with van der Waals surface area (Å²) in [6.45, 7) is 3.58. The Labute approximate surface area is 108 Å². The van der Waals surface area contributed by atoms with Crippen LogP contribution in [0.5, 0.6) is 0 Å². The molecule has 3 nitrogen and oxygen atoms in total. The van der Waals surface area contributed by atoms with E-state index >= 15 is 0 Å². The van der Waals surface area contributed by atoms with Gasteiger partial charge in [-0.05, 0) is 18.4 Å². The molecule has 1 aromatic rings. The van der Waals surface area contributed by atoms with E-state index in [1.807, 2.05) is 37.3 Å². The van der Waals surface area contributed by atoms with Crippen LogP contribution in [0.2, 0.25) is 0 Å². The Bertz CT molecular complexity index is 441. The lowest BCUT2D eigenvalue weighted by Gasteiger charge is -2.27. The van der Waals surface area contributed by atoms with Crippen LogP contribution in [-0.4, -0.2) is 28.7 Å². The highest BCUT2D eigenvalue weighted by Gasteiger charge is 2.40. The lowest BCUT2D eigenvalue weighted by Crippen LogP contribution is -2.42. The third-order valence-electron chi connectivity index (χ3n) is 3.64. The van der Waals surface area contributed by atoms with Crippen LogP contribution in [0.25, 0.3) is 0 Å². The molecule has 0 radical (unpaired) electrons. The van der Waals surface area contributed by atoms with E-state index in [0.717, 1.165) is 12.0 Å². The molecule has 0 unspecified atom stereocenters. The first kappa shape index (κ1) is 12.8. The van der Waals surface area contributed by atoms with Crippen LogP contribution in [0.3, 0.4) is 0 Å². The SMILES string of the molecule is CC[C@@H]1CC(=O)[C@H](Cc2ccccc2)N1C(C)=O. The average Bonchev–Trinajstić information content (AvgIpc) is 2.67. The van der Waals surface area contributed by atoms with Crippen LogP contribution in [0.15, 0.2) is 30.3 Å². The van der Waals surface area contributed by atoms with Gasteiger partial charge in [0.25, 0.3) is 0 Å². The number of Topliss-reactive ketones (excluding diaryl/α,β-unsaturated/α-hetero) is 1. The maximum atomic E-state index is 12.1. The maximum absolute atomic E-state index is 12.1. The zero-order valence-electron chi connectivity index (χ0n) is 10.9.